The van der Waals surface area contributed by atoms with E-state index in [9.17, 15) is 44.3 Å². The molecule has 1 amide bonds. The van der Waals surface area contributed by atoms with Gasteiger partial charge in [0.25, 0.3) is 5.91 Å². The summed E-state index contributed by atoms with van der Waals surface area (Å²) in [5.41, 5.74) is -4.49. The Morgan fingerprint density at radius 2 is 1.48 bits per heavy atom. The molecule has 0 aliphatic rings. The molecule has 0 aliphatic carbocycles. The number of anilines is 2. The second-order valence-corrected chi connectivity index (χ2v) is 10.3. The third-order valence-electron chi connectivity index (χ3n) is 3.96. The zero-order valence-corrected chi connectivity index (χ0v) is 17.5. The minimum Gasteiger partial charge on any atom is -0.373 e. The zero-order valence-electron chi connectivity index (χ0n) is 15.9. The summed E-state index contributed by atoms with van der Waals surface area (Å²) >= 11 is 0. The molecule has 0 aliphatic heterocycles. The summed E-state index contributed by atoms with van der Waals surface area (Å²) < 4.78 is 102. The molecule has 1 atom stereocenters. The van der Waals surface area contributed by atoms with Gasteiger partial charge >= 0.3 is 6.18 Å². The number of benzene rings is 2. The molecular formula is C17H16F4N2O6S2. The third kappa shape index (κ3) is 5.51. The Bertz CT molecular complexity index is 1210. The fraction of sp³-hybridized carbons (Fsp3) is 0.235. The van der Waals surface area contributed by atoms with Gasteiger partial charge in [-0.3, -0.25) is 9.52 Å². The fourth-order valence-electron chi connectivity index (χ4n) is 2.19. The Morgan fingerprint density at radius 1 is 0.968 bits per heavy atom. The maximum absolute atomic E-state index is 14.3. The molecule has 2 aromatic rings. The lowest BCUT2D eigenvalue weighted by Crippen LogP contribution is -2.52. The van der Waals surface area contributed by atoms with Crippen molar-refractivity contribution in [1.82, 2.24) is 0 Å². The van der Waals surface area contributed by atoms with Crippen LogP contribution in [0.25, 0.3) is 0 Å². The molecule has 8 nitrogen and oxygen atoms in total. The van der Waals surface area contributed by atoms with E-state index in [-0.39, 0.29) is 17.5 Å². The minimum atomic E-state index is -5.32. The largest absolute Gasteiger partial charge is 0.426 e. The quantitative estimate of drug-likeness (QED) is 0.540. The maximum atomic E-state index is 14.3. The highest BCUT2D eigenvalue weighted by Crippen LogP contribution is 2.32. The van der Waals surface area contributed by atoms with Gasteiger partial charge in [-0.15, -0.1) is 0 Å². The van der Waals surface area contributed by atoms with E-state index >= 15 is 0 Å². The van der Waals surface area contributed by atoms with Gasteiger partial charge in [-0.05, 0) is 49.4 Å². The molecule has 0 bridgehead atoms. The molecule has 2 aromatic carbocycles. The predicted molar refractivity (Wildman–Crippen MR) is 102 cm³/mol. The number of aliphatic hydroxyl groups is 1. The van der Waals surface area contributed by atoms with Gasteiger partial charge in [-0.2, -0.15) is 13.2 Å². The monoisotopic (exact) mass is 484 g/mol. The van der Waals surface area contributed by atoms with Crippen molar-refractivity contribution in [2.75, 3.05) is 16.3 Å². The SMILES string of the molecule is CC(O)(C(=O)Nc1ccc(S(=O)(=O)c2ccc(NS(C)(=O)=O)cc2)cc1F)C(F)(F)F. The first-order chi connectivity index (χ1) is 13.9. The van der Waals surface area contributed by atoms with E-state index in [2.05, 4.69) is 4.72 Å². The second kappa shape index (κ2) is 8.09. The van der Waals surface area contributed by atoms with Crippen LogP contribution in [0.1, 0.15) is 6.92 Å². The van der Waals surface area contributed by atoms with Gasteiger partial charge < -0.3 is 10.4 Å². The maximum Gasteiger partial charge on any atom is 0.426 e. The molecular weight excluding hydrogens is 468 g/mol. The van der Waals surface area contributed by atoms with Crippen molar-refractivity contribution in [2.24, 2.45) is 0 Å². The van der Waals surface area contributed by atoms with Crippen LogP contribution >= 0.6 is 0 Å². The van der Waals surface area contributed by atoms with Gasteiger partial charge in [0.2, 0.25) is 25.5 Å². The molecule has 170 valence electrons. The summed E-state index contributed by atoms with van der Waals surface area (Å²) in [4.78, 5) is 10.8. The number of nitrogens with one attached hydrogen (secondary N) is 2. The summed E-state index contributed by atoms with van der Waals surface area (Å²) in [5, 5.41) is 10.9. The third-order valence-corrected chi connectivity index (χ3v) is 6.33. The smallest absolute Gasteiger partial charge is 0.373 e. The Labute approximate surface area is 174 Å². The summed E-state index contributed by atoms with van der Waals surface area (Å²) in [5.74, 6) is -3.31. The summed E-state index contributed by atoms with van der Waals surface area (Å²) in [7, 11) is -7.87. The van der Waals surface area contributed by atoms with Crippen molar-refractivity contribution in [3.05, 3.63) is 48.3 Å². The predicted octanol–water partition coefficient (Wildman–Crippen LogP) is 2.28. The molecule has 0 saturated heterocycles. The number of alkyl halides is 3. The molecule has 2 rings (SSSR count). The number of sulfonamides is 1. The average molecular weight is 484 g/mol. The van der Waals surface area contributed by atoms with E-state index < -0.39 is 53.9 Å². The molecule has 0 aromatic heterocycles. The Kier molecular flexibility index (Phi) is 6.41. The Hall–Kier alpha value is -2.71. The van der Waals surface area contributed by atoms with Gasteiger partial charge in [0.1, 0.15) is 5.82 Å². The van der Waals surface area contributed by atoms with E-state index in [0.717, 1.165) is 42.7 Å². The van der Waals surface area contributed by atoms with E-state index in [1.165, 1.54) is 0 Å². The summed E-state index contributed by atoms with van der Waals surface area (Å²) in [6.07, 6.45) is -4.43. The van der Waals surface area contributed by atoms with Crippen LogP contribution in [0.4, 0.5) is 28.9 Å². The van der Waals surface area contributed by atoms with Crippen LogP contribution in [0, 0.1) is 5.82 Å². The molecule has 0 radical (unpaired) electrons. The first-order valence-corrected chi connectivity index (χ1v) is 11.6. The van der Waals surface area contributed by atoms with Crippen molar-refractivity contribution in [2.45, 2.75) is 28.5 Å². The Balaban J connectivity index is 2.30. The number of halogens is 4. The fourth-order valence-corrected chi connectivity index (χ4v) is 4.03. The number of amides is 1. The second-order valence-electron chi connectivity index (χ2n) is 6.57. The van der Waals surface area contributed by atoms with E-state index in [1.807, 2.05) is 0 Å². The topological polar surface area (TPSA) is 130 Å². The first kappa shape index (κ1) is 24.6. The van der Waals surface area contributed by atoms with E-state index in [0.29, 0.717) is 6.07 Å². The van der Waals surface area contributed by atoms with Crippen LogP contribution in [0.15, 0.2) is 52.3 Å². The van der Waals surface area contributed by atoms with Crippen LogP contribution in [0.5, 0.6) is 0 Å². The van der Waals surface area contributed by atoms with Crippen LogP contribution in [0.3, 0.4) is 0 Å². The van der Waals surface area contributed by atoms with Crippen LogP contribution in [-0.4, -0.2) is 45.9 Å². The van der Waals surface area contributed by atoms with E-state index in [1.54, 1.807) is 5.32 Å². The van der Waals surface area contributed by atoms with Gasteiger partial charge in [0.05, 0.1) is 21.7 Å². The summed E-state index contributed by atoms with van der Waals surface area (Å²) in [6, 6.07) is 6.52. The van der Waals surface area contributed by atoms with Crippen LogP contribution in [0.2, 0.25) is 0 Å². The van der Waals surface area contributed by atoms with Crippen LogP contribution < -0.4 is 10.0 Å². The van der Waals surface area contributed by atoms with Gasteiger partial charge in [-0.1, -0.05) is 0 Å². The average Bonchev–Trinajstić information content (AvgIpc) is 2.61. The molecule has 14 heteroatoms. The highest BCUT2D eigenvalue weighted by molar-refractivity contribution is 7.92. The lowest BCUT2D eigenvalue weighted by Gasteiger charge is -2.25. The van der Waals surface area contributed by atoms with Crippen molar-refractivity contribution in [1.29, 1.82) is 0 Å². The lowest BCUT2D eigenvalue weighted by molar-refractivity contribution is -0.242. The molecule has 1 unspecified atom stereocenters. The molecule has 0 fully saturated rings. The van der Waals surface area contributed by atoms with Crippen molar-refractivity contribution >= 4 is 37.1 Å². The van der Waals surface area contributed by atoms with Crippen molar-refractivity contribution in [3.8, 4) is 0 Å². The number of sulfone groups is 1. The van der Waals surface area contributed by atoms with Crippen molar-refractivity contribution in [3.63, 3.8) is 0 Å². The van der Waals surface area contributed by atoms with Gasteiger partial charge in [0.15, 0.2) is 0 Å². The highest BCUT2D eigenvalue weighted by Gasteiger charge is 2.55. The molecule has 0 saturated carbocycles. The normalized spacial score (nSPS) is 14.5. The summed E-state index contributed by atoms with van der Waals surface area (Å²) in [6.45, 7) is 0.182. The van der Waals surface area contributed by atoms with Crippen LogP contribution in [-0.2, 0) is 24.7 Å². The lowest BCUT2D eigenvalue weighted by atomic mass is 10.1. The van der Waals surface area contributed by atoms with Gasteiger partial charge in [-0.25, -0.2) is 21.2 Å². The van der Waals surface area contributed by atoms with E-state index in [4.69, 9.17) is 0 Å². The molecule has 3 N–H and O–H groups in total. The molecule has 0 heterocycles. The standard InChI is InChI=1S/C17H16F4N2O6S2/c1-16(25,17(19,20)21)15(24)22-14-8-7-12(9-13(14)18)31(28,29)11-5-3-10(4-6-11)23-30(2,26)27/h3-9,23,25H,1-2H3,(H,22,24). The minimum absolute atomic E-state index is 0.0856. The molecule has 0 spiro atoms. The van der Waals surface area contributed by atoms with Gasteiger partial charge in [0, 0.05) is 5.69 Å². The Morgan fingerprint density at radius 3 is 1.94 bits per heavy atom. The molecule has 31 heavy (non-hydrogen) atoms. The highest BCUT2D eigenvalue weighted by atomic mass is 32.2. The number of hydrogen-bond acceptors (Lipinski definition) is 6. The number of carbonyl (C=O) groups excluding carboxylic acids is 1. The zero-order chi connectivity index (χ0) is 23.8. The number of rotatable bonds is 6. The van der Waals surface area contributed by atoms with Crippen molar-refractivity contribution < 1.29 is 44.3 Å². The number of carbonyl (C=O) groups is 1. The first-order valence-electron chi connectivity index (χ1n) is 8.18. The number of hydrogen-bond donors (Lipinski definition) is 3.